The van der Waals surface area contributed by atoms with Crippen molar-refractivity contribution in [2.45, 2.75) is 12.8 Å². The molecule has 0 aliphatic carbocycles. The van der Waals surface area contributed by atoms with Crippen LogP contribution in [-0.2, 0) is 17.5 Å². The molecule has 0 atom stereocenters. The van der Waals surface area contributed by atoms with Gasteiger partial charge in [0.1, 0.15) is 17.9 Å². The van der Waals surface area contributed by atoms with E-state index in [2.05, 4.69) is 25.6 Å². The molecular weight excluding hydrogens is 487 g/mol. The molecule has 0 spiro atoms. The van der Waals surface area contributed by atoms with Gasteiger partial charge in [0.25, 0.3) is 11.8 Å². The maximum absolute atomic E-state index is 13.3. The van der Waals surface area contributed by atoms with Crippen molar-refractivity contribution in [1.29, 1.82) is 0 Å². The second kappa shape index (κ2) is 10.5. The van der Waals surface area contributed by atoms with Crippen molar-refractivity contribution in [3.8, 4) is 0 Å². The topological polar surface area (TPSA) is 109 Å². The van der Waals surface area contributed by atoms with Crippen LogP contribution in [-0.4, -0.2) is 33.9 Å². The summed E-state index contributed by atoms with van der Waals surface area (Å²) >= 11 is 0. The Balaban J connectivity index is 0.00000342. The van der Waals surface area contributed by atoms with E-state index in [0.29, 0.717) is 22.5 Å². The number of fused-ring (bicyclic) bond motifs is 1. The molecule has 0 unspecified atom stereocenters. The van der Waals surface area contributed by atoms with Gasteiger partial charge < -0.3 is 20.4 Å². The Bertz CT molecular complexity index is 1360. The van der Waals surface area contributed by atoms with Gasteiger partial charge in [0.15, 0.2) is 0 Å². The monoisotopic (exact) mass is 505 g/mol. The number of rotatable bonds is 6. The third-order valence-corrected chi connectivity index (χ3v) is 4.82. The van der Waals surface area contributed by atoms with E-state index < -0.39 is 29.1 Å². The van der Waals surface area contributed by atoms with Gasteiger partial charge in [0, 0.05) is 19.0 Å². The standard InChI is InChI=1S/C23H18F3N5O3.ClH/c1-34-12-19-30-18-10-14(29-21(32)15-6-2-3-7-17(15)23(24,25)26)9-16(20(18)31-19)22(33)28-13-5-4-8-27-11-13;/h2-11H,12H2,1H3,(H,28,33)(H,29,32)(H,30,31);1H. The molecule has 8 nitrogen and oxygen atoms in total. The van der Waals surface area contributed by atoms with Crippen LogP contribution < -0.4 is 10.6 Å². The minimum absolute atomic E-state index is 0. The zero-order valence-corrected chi connectivity index (χ0v) is 19.0. The third kappa shape index (κ3) is 5.76. The molecule has 0 saturated heterocycles. The van der Waals surface area contributed by atoms with Crippen molar-refractivity contribution in [2.24, 2.45) is 0 Å². The Morgan fingerprint density at radius 3 is 2.40 bits per heavy atom. The molecule has 2 aromatic carbocycles. The lowest BCUT2D eigenvalue weighted by Crippen LogP contribution is -2.19. The first kappa shape index (κ1) is 25.7. The molecule has 0 fully saturated rings. The summed E-state index contributed by atoms with van der Waals surface area (Å²) in [5.41, 5.74) is -0.264. The number of anilines is 2. The van der Waals surface area contributed by atoms with Gasteiger partial charge in [-0.3, -0.25) is 14.6 Å². The van der Waals surface area contributed by atoms with Crippen molar-refractivity contribution >= 4 is 46.6 Å². The number of ether oxygens (including phenoxy) is 1. The highest BCUT2D eigenvalue weighted by Gasteiger charge is 2.35. The summed E-state index contributed by atoms with van der Waals surface area (Å²) in [4.78, 5) is 37.0. The van der Waals surface area contributed by atoms with E-state index in [9.17, 15) is 22.8 Å². The Morgan fingerprint density at radius 1 is 1.00 bits per heavy atom. The Labute approximate surface area is 203 Å². The predicted octanol–water partition coefficient (Wildman–Crippen LogP) is 5.05. The largest absolute Gasteiger partial charge is 0.417 e. The highest BCUT2D eigenvalue weighted by molar-refractivity contribution is 6.14. The number of nitrogens with one attached hydrogen (secondary N) is 3. The summed E-state index contributed by atoms with van der Waals surface area (Å²) in [5, 5.41) is 5.14. The number of aromatic amines is 1. The zero-order chi connectivity index (χ0) is 24.3. The van der Waals surface area contributed by atoms with Gasteiger partial charge in [-0.2, -0.15) is 13.2 Å². The van der Waals surface area contributed by atoms with E-state index >= 15 is 0 Å². The van der Waals surface area contributed by atoms with Gasteiger partial charge in [-0.15, -0.1) is 12.4 Å². The number of carbonyl (C=O) groups is 2. The molecule has 4 aromatic rings. The van der Waals surface area contributed by atoms with Crippen molar-refractivity contribution < 1.29 is 27.5 Å². The van der Waals surface area contributed by atoms with E-state index in [4.69, 9.17) is 4.74 Å². The van der Waals surface area contributed by atoms with Gasteiger partial charge in [-0.1, -0.05) is 12.1 Å². The van der Waals surface area contributed by atoms with Crippen LogP contribution >= 0.6 is 12.4 Å². The van der Waals surface area contributed by atoms with Crippen LogP contribution in [0.15, 0.2) is 60.9 Å². The molecule has 0 aliphatic heterocycles. The number of amides is 2. The van der Waals surface area contributed by atoms with E-state index in [1.165, 1.54) is 37.6 Å². The van der Waals surface area contributed by atoms with Gasteiger partial charge in [-0.05, 0) is 36.4 Å². The molecule has 4 rings (SSSR count). The fourth-order valence-corrected chi connectivity index (χ4v) is 3.38. The normalized spacial score (nSPS) is 11.1. The van der Waals surface area contributed by atoms with Crippen LogP contribution in [0.4, 0.5) is 24.5 Å². The lowest BCUT2D eigenvalue weighted by Gasteiger charge is -2.13. The molecular formula is C23H19ClF3N5O3. The second-order valence-electron chi connectivity index (χ2n) is 7.23. The van der Waals surface area contributed by atoms with E-state index in [1.54, 1.807) is 18.3 Å². The van der Waals surface area contributed by atoms with Crippen LogP contribution in [0.5, 0.6) is 0 Å². The smallest absolute Gasteiger partial charge is 0.377 e. The first-order chi connectivity index (χ1) is 16.3. The van der Waals surface area contributed by atoms with Gasteiger partial charge in [0.2, 0.25) is 0 Å². The summed E-state index contributed by atoms with van der Waals surface area (Å²) in [5.74, 6) is -1.08. The number of methoxy groups -OCH3 is 1. The predicted molar refractivity (Wildman–Crippen MR) is 126 cm³/mol. The molecule has 2 aromatic heterocycles. The van der Waals surface area contributed by atoms with Crippen molar-refractivity contribution in [2.75, 3.05) is 17.7 Å². The van der Waals surface area contributed by atoms with E-state index in [0.717, 1.165) is 12.1 Å². The first-order valence-electron chi connectivity index (χ1n) is 9.97. The summed E-state index contributed by atoms with van der Waals surface area (Å²) in [6.07, 6.45) is -1.70. The summed E-state index contributed by atoms with van der Waals surface area (Å²) in [6.45, 7) is 0.138. The number of H-pyrrole nitrogens is 1. The van der Waals surface area contributed by atoms with Crippen molar-refractivity contribution in [1.82, 2.24) is 15.0 Å². The maximum atomic E-state index is 13.3. The molecule has 0 aliphatic rings. The average Bonchev–Trinajstić information content (AvgIpc) is 3.21. The molecule has 0 saturated carbocycles. The van der Waals surface area contributed by atoms with Crippen molar-refractivity contribution in [3.05, 3.63) is 83.4 Å². The minimum Gasteiger partial charge on any atom is -0.377 e. The van der Waals surface area contributed by atoms with Crippen molar-refractivity contribution in [3.63, 3.8) is 0 Å². The van der Waals surface area contributed by atoms with Crippen LogP contribution in [0.2, 0.25) is 0 Å². The number of hydrogen-bond acceptors (Lipinski definition) is 5. The number of benzene rings is 2. The molecule has 182 valence electrons. The number of aromatic nitrogens is 3. The molecule has 35 heavy (non-hydrogen) atoms. The Hall–Kier alpha value is -3.96. The number of halogens is 4. The van der Waals surface area contributed by atoms with Gasteiger partial charge >= 0.3 is 6.18 Å². The van der Waals surface area contributed by atoms with Gasteiger partial charge in [0.05, 0.1) is 34.1 Å². The number of imidazole rings is 1. The Morgan fingerprint density at radius 2 is 1.71 bits per heavy atom. The lowest BCUT2D eigenvalue weighted by atomic mass is 10.1. The molecule has 2 amide bonds. The second-order valence-corrected chi connectivity index (χ2v) is 7.23. The quantitative estimate of drug-likeness (QED) is 0.340. The highest BCUT2D eigenvalue weighted by Crippen LogP contribution is 2.32. The molecule has 2 heterocycles. The molecule has 12 heteroatoms. The Kier molecular flexibility index (Phi) is 7.72. The molecule has 0 bridgehead atoms. The van der Waals surface area contributed by atoms with E-state index in [-0.39, 0.29) is 30.3 Å². The molecule has 3 N–H and O–H groups in total. The maximum Gasteiger partial charge on any atom is 0.417 e. The fourth-order valence-electron chi connectivity index (χ4n) is 3.38. The number of alkyl halides is 3. The van der Waals surface area contributed by atoms with Gasteiger partial charge in [-0.25, -0.2) is 4.98 Å². The summed E-state index contributed by atoms with van der Waals surface area (Å²) in [6, 6.07) is 10.6. The third-order valence-electron chi connectivity index (χ3n) is 4.82. The van der Waals surface area contributed by atoms with Crippen LogP contribution in [0.1, 0.15) is 32.1 Å². The SMILES string of the molecule is COCc1nc2c(C(=O)Nc3cccnc3)cc(NC(=O)c3ccccc3C(F)(F)F)cc2[nH]1.Cl. The number of carbonyl (C=O) groups excluding carboxylic acids is 2. The highest BCUT2D eigenvalue weighted by atomic mass is 35.5. The van der Waals surface area contributed by atoms with Crippen LogP contribution in [0, 0.1) is 0 Å². The van der Waals surface area contributed by atoms with Crippen LogP contribution in [0.25, 0.3) is 11.0 Å². The zero-order valence-electron chi connectivity index (χ0n) is 18.1. The van der Waals surface area contributed by atoms with Crippen LogP contribution in [0.3, 0.4) is 0 Å². The van der Waals surface area contributed by atoms with E-state index in [1.807, 2.05) is 0 Å². The minimum atomic E-state index is -4.70. The fraction of sp³-hybridized carbons (Fsp3) is 0.130. The number of nitrogens with zero attached hydrogens (tertiary/aromatic N) is 2. The first-order valence-corrected chi connectivity index (χ1v) is 9.97. The number of pyridine rings is 1. The lowest BCUT2D eigenvalue weighted by molar-refractivity contribution is -0.137. The average molecular weight is 506 g/mol. The summed E-state index contributed by atoms with van der Waals surface area (Å²) in [7, 11) is 1.48. The summed E-state index contributed by atoms with van der Waals surface area (Å²) < 4.78 is 45.1. The number of hydrogen-bond donors (Lipinski definition) is 3. The molecule has 0 radical (unpaired) electrons.